The first-order valence-electron chi connectivity index (χ1n) is 8.26. The number of hydrogen-bond acceptors (Lipinski definition) is 4. The Hall–Kier alpha value is -3.60. The van der Waals surface area contributed by atoms with E-state index in [0.717, 1.165) is 16.6 Å². The summed E-state index contributed by atoms with van der Waals surface area (Å²) in [6.45, 7) is 0.662. The minimum atomic E-state index is -0.174. The van der Waals surface area contributed by atoms with Gasteiger partial charge in [-0.3, -0.25) is 0 Å². The van der Waals surface area contributed by atoms with Gasteiger partial charge in [0.15, 0.2) is 11.5 Å². The number of phenols is 2. The van der Waals surface area contributed by atoms with Crippen molar-refractivity contribution in [3.63, 3.8) is 0 Å². The first-order valence-corrected chi connectivity index (χ1v) is 8.26. The quantitative estimate of drug-likeness (QED) is 0.430. The lowest BCUT2D eigenvalue weighted by atomic mass is 10.2. The second kappa shape index (κ2) is 6.72. The van der Waals surface area contributed by atoms with Gasteiger partial charge < -0.3 is 14.8 Å². The van der Waals surface area contributed by atoms with Gasteiger partial charge in [0.25, 0.3) is 0 Å². The fraction of sp³-hybridized carbons (Fsp3) is 0.0476. The van der Waals surface area contributed by atoms with E-state index >= 15 is 0 Å². The molecular formula is C21H17N3O2. The molecule has 0 bridgehead atoms. The normalized spacial score (nSPS) is 11.4. The highest BCUT2D eigenvalue weighted by molar-refractivity contribution is 5.84. The van der Waals surface area contributed by atoms with Gasteiger partial charge in [-0.05, 0) is 41.5 Å². The lowest BCUT2D eigenvalue weighted by molar-refractivity contribution is 0.403. The first kappa shape index (κ1) is 15.9. The van der Waals surface area contributed by atoms with Gasteiger partial charge in [0.2, 0.25) is 5.95 Å². The molecule has 1 aromatic heterocycles. The highest BCUT2D eigenvalue weighted by atomic mass is 16.3. The van der Waals surface area contributed by atoms with E-state index in [1.807, 2.05) is 42.5 Å². The predicted molar refractivity (Wildman–Crippen MR) is 102 cm³/mol. The van der Waals surface area contributed by atoms with Gasteiger partial charge in [-0.25, -0.2) is 9.98 Å². The zero-order valence-corrected chi connectivity index (χ0v) is 13.9. The number of aromatic hydroxyl groups is 2. The van der Waals surface area contributed by atoms with E-state index < -0.39 is 0 Å². The SMILES string of the molecule is Oc1ccc(C=Nc2nc3ccccc3n2Cc2ccccc2)cc1O. The Morgan fingerprint density at radius 3 is 2.46 bits per heavy atom. The second-order valence-corrected chi connectivity index (χ2v) is 5.98. The third kappa shape index (κ3) is 3.15. The first-order chi connectivity index (χ1) is 12.7. The van der Waals surface area contributed by atoms with Crippen molar-refractivity contribution in [2.75, 3.05) is 0 Å². The standard InChI is InChI=1S/C21H17N3O2/c25-19-11-10-16(12-20(19)26)13-22-21-23-17-8-4-5-9-18(17)24(21)14-15-6-2-1-3-7-15/h1-13,25-26H,14H2. The van der Waals surface area contributed by atoms with Gasteiger partial charge in [-0.15, -0.1) is 0 Å². The number of imidazole rings is 1. The average molecular weight is 343 g/mol. The van der Waals surface area contributed by atoms with Crippen LogP contribution in [-0.2, 0) is 6.54 Å². The maximum absolute atomic E-state index is 9.63. The molecule has 0 radical (unpaired) electrons. The Balaban J connectivity index is 1.75. The Morgan fingerprint density at radius 2 is 1.65 bits per heavy atom. The molecule has 0 fully saturated rings. The Labute approximate surface area is 150 Å². The number of aliphatic imine (C=N–C) groups is 1. The van der Waals surface area contributed by atoms with E-state index in [-0.39, 0.29) is 11.5 Å². The smallest absolute Gasteiger partial charge is 0.230 e. The molecule has 0 saturated heterocycles. The van der Waals surface area contributed by atoms with Gasteiger partial charge in [-0.2, -0.15) is 0 Å². The maximum atomic E-state index is 9.63. The number of rotatable bonds is 4. The van der Waals surface area contributed by atoms with Crippen molar-refractivity contribution >= 4 is 23.2 Å². The van der Waals surface area contributed by atoms with Crippen LogP contribution in [0, 0.1) is 0 Å². The summed E-state index contributed by atoms with van der Waals surface area (Å²) < 4.78 is 2.06. The van der Waals surface area contributed by atoms with E-state index in [4.69, 9.17) is 0 Å². The van der Waals surface area contributed by atoms with Crippen LogP contribution < -0.4 is 0 Å². The number of benzene rings is 3. The topological polar surface area (TPSA) is 70.6 Å². The molecule has 3 aromatic carbocycles. The van der Waals surface area contributed by atoms with Crippen molar-refractivity contribution in [3.05, 3.63) is 83.9 Å². The summed E-state index contributed by atoms with van der Waals surface area (Å²) in [5, 5.41) is 19.1. The number of para-hydroxylation sites is 2. The van der Waals surface area contributed by atoms with E-state index in [9.17, 15) is 10.2 Å². The van der Waals surface area contributed by atoms with Crippen LogP contribution in [0.3, 0.4) is 0 Å². The van der Waals surface area contributed by atoms with Gasteiger partial charge in [-0.1, -0.05) is 42.5 Å². The summed E-state index contributed by atoms with van der Waals surface area (Å²) in [6, 6.07) is 22.7. The molecule has 0 atom stereocenters. The lowest BCUT2D eigenvalue weighted by Gasteiger charge is -2.06. The molecule has 0 aliphatic rings. The highest BCUT2D eigenvalue weighted by Gasteiger charge is 2.10. The van der Waals surface area contributed by atoms with Crippen LogP contribution in [0.15, 0.2) is 77.8 Å². The molecule has 5 nitrogen and oxygen atoms in total. The van der Waals surface area contributed by atoms with Gasteiger partial charge in [0.05, 0.1) is 17.6 Å². The van der Waals surface area contributed by atoms with Crippen LogP contribution >= 0.6 is 0 Å². The van der Waals surface area contributed by atoms with Crippen LogP contribution in [0.2, 0.25) is 0 Å². The van der Waals surface area contributed by atoms with Gasteiger partial charge >= 0.3 is 0 Å². The molecular weight excluding hydrogens is 326 g/mol. The number of hydrogen-bond donors (Lipinski definition) is 2. The molecule has 5 heteroatoms. The van der Waals surface area contributed by atoms with Gasteiger partial charge in [0.1, 0.15) is 0 Å². The summed E-state index contributed by atoms with van der Waals surface area (Å²) in [4.78, 5) is 9.13. The van der Waals surface area contributed by atoms with Crippen molar-refractivity contribution in [1.82, 2.24) is 9.55 Å². The predicted octanol–water partition coefficient (Wildman–Crippen LogP) is 4.25. The third-order valence-corrected chi connectivity index (χ3v) is 4.15. The van der Waals surface area contributed by atoms with Gasteiger partial charge in [0, 0.05) is 6.21 Å². The summed E-state index contributed by atoms with van der Waals surface area (Å²) in [7, 11) is 0. The summed E-state index contributed by atoms with van der Waals surface area (Å²) in [6.07, 6.45) is 1.63. The summed E-state index contributed by atoms with van der Waals surface area (Å²) in [5.74, 6) is 0.257. The number of aromatic nitrogens is 2. The average Bonchev–Trinajstić information content (AvgIpc) is 3.01. The van der Waals surface area contributed by atoms with Crippen molar-refractivity contribution in [2.45, 2.75) is 6.54 Å². The molecule has 0 amide bonds. The number of fused-ring (bicyclic) bond motifs is 1. The zero-order chi connectivity index (χ0) is 17.9. The fourth-order valence-corrected chi connectivity index (χ4v) is 2.84. The van der Waals surface area contributed by atoms with Crippen LogP contribution in [-0.4, -0.2) is 26.0 Å². The van der Waals surface area contributed by atoms with Crippen LogP contribution in [0.4, 0.5) is 5.95 Å². The molecule has 0 spiro atoms. The molecule has 1 heterocycles. The highest BCUT2D eigenvalue weighted by Crippen LogP contribution is 2.26. The van der Waals surface area contributed by atoms with Crippen molar-refractivity contribution in [1.29, 1.82) is 0 Å². The van der Waals surface area contributed by atoms with E-state index in [1.165, 1.54) is 12.1 Å². The number of phenolic OH excluding ortho intramolecular Hbond substituents is 2. The molecule has 2 N–H and O–H groups in total. The van der Waals surface area contributed by atoms with Crippen LogP contribution in [0.25, 0.3) is 11.0 Å². The Kier molecular flexibility index (Phi) is 4.11. The largest absolute Gasteiger partial charge is 0.504 e. The van der Waals surface area contributed by atoms with Crippen molar-refractivity contribution in [2.24, 2.45) is 4.99 Å². The zero-order valence-electron chi connectivity index (χ0n) is 13.9. The molecule has 128 valence electrons. The maximum Gasteiger partial charge on any atom is 0.230 e. The Bertz CT molecular complexity index is 1090. The third-order valence-electron chi connectivity index (χ3n) is 4.15. The minimum Gasteiger partial charge on any atom is -0.504 e. The summed E-state index contributed by atoms with van der Waals surface area (Å²) in [5.41, 5.74) is 3.73. The van der Waals surface area contributed by atoms with E-state index in [2.05, 4.69) is 26.7 Å². The Morgan fingerprint density at radius 1 is 0.885 bits per heavy atom. The molecule has 4 aromatic rings. The molecule has 0 saturated carbocycles. The van der Waals surface area contributed by atoms with E-state index in [1.54, 1.807) is 12.3 Å². The molecule has 26 heavy (non-hydrogen) atoms. The number of nitrogens with zero attached hydrogens (tertiary/aromatic N) is 3. The summed E-state index contributed by atoms with van der Waals surface area (Å²) >= 11 is 0. The molecule has 4 rings (SSSR count). The molecule has 0 unspecified atom stereocenters. The fourth-order valence-electron chi connectivity index (χ4n) is 2.84. The molecule has 0 aliphatic heterocycles. The minimum absolute atomic E-state index is 0.154. The molecule has 0 aliphatic carbocycles. The van der Waals surface area contributed by atoms with Crippen molar-refractivity contribution < 1.29 is 10.2 Å². The van der Waals surface area contributed by atoms with Crippen LogP contribution in [0.1, 0.15) is 11.1 Å². The second-order valence-electron chi connectivity index (χ2n) is 5.98. The lowest BCUT2D eigenvalue weighted by Crippen LogP contribution is -1.99. The van der Waals surface area contributed by atoms with E-state index in [0.29, 0.717) is 18.1 Å². The van der Waals surface area contributed by atoms with Crippen molar-refractivity contribution in [3.8, 4) is 11.5 Å². The van der Waals surface area contributed by atoms with Crippen LogP contribution in [0.5, 0.6) is 11.5 Å². The monoisotopic (exact) mass is 343 g/mol.